The van der Waals surface area contributed by atoms with Crippen molar-refractivity contribution in [1.82, 2.24) is 4.98 Å². The quantitative estimate of drug-likeness (QED) is 0.755. The van der Waals surface area contributed by atoms with E-state index in [1.807, 2.05) is 0 Å². The van der Waals surface area contributed by atoms with Crippen LogP contribution in [-0.2, 0) is 16.0 Å². The van der Waals surface area contributed by atoms with Crippen LogP contribution in [0.1, 0.15) is 30.2 Å². The number of nitriles is 1. The molecule has 0 saturated heterocycles. The fourth-order valence-electron chi connectivity index (χ4n) is 1.37. The second-order valence-corrected chi connectivity index (χ2v) is 3.13. The van der Waals surface area contributed by atoms with E-state index in [0.717, 1.165) is 0 Å². The van der Waals surface area contributed by atoms with Crippen LogP contribution in [0.5, 0.6) is 0 Å². The number of pyridine rings is 1. The van der Waals surface area contributed by atoms with Crippen LogP contribution in [0.25, 0.3) is 0 Å². The number of hydrogen-bond acceptors (Lipinski definition) is 4. The molecule has 0 atom stereocenters. The average molecular weight is 240 g/mol. The topological polar surface area (TPSA) is 63.0 Å². The zero-order valence-corrected chi connectivity index (χ0v) is 9.11. The van der Waals surface area contributed by atoms with Crippen molar-refractivity contribution in [2.75, 3.05) is 6.61 Å². The number of esters is 1. The summed E-state index contributed by atoms with van der Waals surface area (Å²) in [6.45, 7) is 1.80. The lowest BCUT2D eigenvalue weighted by Crippen LogP contribution is -2.11. The van der Waals surface area contributed by atoms with Gasteiger partial charge in [0.2, 0.25) is 0 Å². The van der Waals surface area contributed by atoms with Crippen LogP contribution >= 0.6 is 0 Å². The van der Waals surface area contributed by atoms with Crippen LogP contribution in [0, 0.1) is 11.3 Å². The van der Waals surface area contributed by atoms with Gasteiger partial charge in [0, 0.05) is 6.20 Å². The number of carbonyl (C=O) groups is 1. The third-order valence-corrected chi connectivity index (χ3v) is 2.04. The van der Waals surface area contributed by atoms with E-state index in [2.05, 4.69) is 9.72 Å². The summed E-state index contributed by atoms with van der Waals surface area (Å²) in [7, 11) is 0. The van der Waals surface area contributed by atoms with Crippen molar-refractivity contribution in [2.24, 2.45) is 0 Å². The van der Waals surface area contributed by atoms with E-state index in [-0.39, 0.29) is 24.3 Å². The van der Waals surface area contributed by atoms with Crippen LogP contribution in [0.15, 0.2) is 12.3 Å². The number of aromatic nitrogens is 1. The maximum atomic E-state index is 12.8. The third kappa shape index (κ3) is 3.21. The summed E-state index contributed by atoms with van der Waals surface area (Å²) in [6.07, 6.45) is -1.91. The van der Waals surface area contributed by atoms with Crippen molar-refractivity contribution in [3.63, 3.8) is 0 Å². The Balaban J connectivity index is 3.07. The van der Waals surface area contributed by atoms with Crippen LogP contribution in [0.4, 0.5) is 8.78 Å². The Morgan fingerprint density at radius 1 is 1.65 bits per heavy atom. The number of halogens is 2. The minimum Gasteiger partial charge on any atom is -0.466 e. The highest BCUT2D eigenvalue weighted by molar-refractivity contribution is 5.73. The molecule has 90 valence electrons. The smallest absolute Gasteiger partial charge is 0.310 e. The molecule has 0 fully saturated rings. The van der Waals surface area contributed by atoms with Gasteiger partial charge in [-0.15, -0.1) is 0 Å². The molecular formula is C11H10F2N2O2. The van der Waals surface area contributed by atoms with Crippen LogP contribution in [-0.4, -0.2) is 17.6 Å². The third-order valence-electron chi connectivity index (χ3n) is 2.04. The average Bonchev–Trinajstić information content (AvgIpc) is 2.28. The number of alkyl halides is 2. The van der Waals surface area contributed by atoms with Gasteiger partial charge < -0.3 is 4.74 Å². The summed E-state index contributed by atoms with van der Waals surface area (Å²) in [6, 6.07) is 2.87. The molecule has 1 rings (SSSR count). The Morgan fingerprint density at radius 3 is 2.88 bits per heavy atom. The summed E-state index contributed by atoms with van der Waals surface area (Å²) in [5.41, 5.74) is -0.783. The summed E-state index contributed by atoms with van der Waals surface area (Å²) < 4.78 is 30.2. The van der Waals surface area contributed by atoms with Crippen LogP contribution in [0.2, 0.25) is 0 Å². The van der Waals surface area contributed by atoms with E-state index in [1.54, 1.807) is 13.0 Å². The first-order chi connectivity index (χ1) is 8.10. The van der Waals surface area contributed by atoms with Crippen molar-refractivity contribution in [3.8, 4) is 6.07 Å². The maximum absolute atomic E-state index is 12.8. The molecule has 17 heavy (non-hydrogen) atoms. The molecule has 6 heteroatoms. The largest absolute Gasteiger partial charge is 0.466 e. The zero-order chi connectivity index (χ0) is 12.8. The number of rotatable bonds is 4. The Bertz CT molecular complexity index is 455. The summed E-state index contributed by atoms with van der Waals surface area (Å²) in [4.78, 5) is 14.8. The van der Waals surface area contributed by atoms with Gasteiger partial charge in [-0.05, 0) is 18.6 Å². The summed E-state index contributed by atoms with van der Waals surface area (Å²) in [5, 5.41) is 8.67. The van der Waals surface area contributed by atoms with Gasteiger partial charge in [0.25, 0.3) is 6.43 Å². The molecule has 1 aromatic heterocycles. The van der Waals surface area contributed by atoms with Crippen molar-refractivity contribution >= 4 is 5.97 Å². The molecule has 0 N–H and O–H groups in total. The van der Waals surface area contributed by atoms with E-state index >= 15 is 0 Å². The predicted octanol–water partition coefficient (Wildman–Crippen LogP) is 2.00. The molecule has 1 heterocycles. The molecule has 0 aliphatic rings. The first-order valence-corrected chi connectivity index (χ1v) is 4.91. The number of carbonyl (C=O) groups excluding carboxylic acids is 1. The molecule has 0 saturated carbocycles. The minimum atomic E-state index is -2.84. The molecule has 0 radical (unpaired) electrons. The number of hydrogen-bond donors (Lipinski definition) is 0. The fourth-order valence-corrected chi connectivity index (χ4v) is 1.37. The van der Waals surface area contributed by atoms with Gasteiger partial charge in [-0.2, -0.15) is 5.26 Å². The van der Waals surface area contributed by atoms with Crippen LogP contribution < -0.4 is 0 Å². The van der Waals surface area contributed by atoms with Gasteiger partial charge in [0.15, 0.2) is 0 Å². The molecule has 0 aromatic carbocycles. The maximum Gasteiger partial charge on any atom is 0.310 e. The SMILES string of the molecule is CCOC(=O)Cc1ccnc(C#N)c1C(F)F. The molecule has 0 bridgehead atoms. The zero-order valence-electron chi connectivity index (χ0n) is 9.11. The Hall–Kier alpha value is -2.03. The minimum absolute atomic E-state index is 0.0741. The normalized spacial score (nSPS) is 10.1. The Labute approximate surface area is 96.8 Å². The lowest BCUT2D eigenvalue weighted by molar-refractivity contribution is -0.142. The fraction of sp³-hybridized carbons (Fsp3) is 0.364. The van der Waals surface area contributed by atoms with Crippen molar-refractivity contribution in [1.29, 1.82) is 5.26 Å². The van der Waals surface area contributed by atoms with Crippen molar-refractivity contribution in [2.45, 2.75) is 19.8 Å². The van der Waals surface area contributed by atoms with Gasteiger partial charge >= 0.3 is 5.97 Å². The highest BCUT2D eigenvalue weighted by atomic mass is 19.3. The summed E-state index contributed by atoms with van der Waals surface area (Å²) in [5.74, 6) is -0.607. The number of nitrogens with zero attached hydrogens (tertiary/aromatic N) is 2. The van der Waals surface area contributed by atoms with E-state index in [4.69, 9.17) is 5.26 Å². The molecule has 0 amide bonds. The van der Waals surface area contributed by atoms with Gasteiger partial charge in [-0.3, -0.25) is 4.79 Å². The first kappa shape index (κ1) is 13.0. The molecule has 1 aromatic rings. The van der Waals surface area contributed by atoms with Gasteiger partial charge in [0.1, 0.15) is 11.8 Å². The standard InChI is InChI=1S/C11H10F2N2O2/c1-2-17-9(16)5-7-3-4-15-8(6-14)10(7)11(12)13/h3-4,11H,2,5H2,1H3. The lowest BCUT2D eigenvalue weighted by Gasteiger charge is -2.09. The van der Waals surface area contributed by atoms with Crippen molar-refractivity contribution in [3.05, 3.63) is 29.1 Å². The van der Waals surface area contributed by atoms with Gasteiger partial charge in [-0.25, -0.2) is 13.8 Å². The van der Waals surface area contributed by atoms with E-state index in [1.165, 1.54) is 12.3 Å². The van der Waals surface area contributed by atoms with Crippen molar-refractivity contribution < 1.29 is 18.3 Å². The summed E-state index contributed by atoms with van der Waals surface area (Å²) >= 11 is 0. The number of ether oxygens (including phenoxy) is 1. The molecular weight excluding hydrogens is 230 g/mol. The Kier molecular flexibility index (Phi) is 4.52. The predicted molar refractivity (Wildman–Crippen MR) is 54.2 cm³/mol. The molecule has 0 unspecified atom stereocenters. The Morgan fingerprint density at radius 2 is 2.35 bits per heavy atom. The second-order valence-electron chi connectivity index (χ2n) is 3.13. The molecule has 0 spiro atoms. The van der Waals surface area contributed by atoms with E-state index in [0.29, 0.717) is 0 Å². The van der Waals surface area contributed by atoms with Gasteiger partial charge in [0.05, 0.1) is 18.6 Å². The van der Waals surface area contributed by atoms with E-state index in [9.17, 15) is 13.6 Å². The highest BCUT2D eigenvalue weighted by Gasteiger charge is 2.20. The second kappa shape index (κ2) is 5.89. The van der Waals surface area contributed by atoms with E-state index < -0.39 is 18.0 Å². The molecule has 4 nitrogen and oxygen atoms in total. The lowest BCUT2D eigenvalue weighted by atomic mass is 10.0. The highest BCUT2D eigenvalue weighted by Crippen LogP contribution is 2.25. The van der Waals surface area contributed by atoms with Crippen LogP contribution in [0.3, 0.4) is 0 Å². The molecule has 0 aliphatic carbocycles. The van der Waals surface area contributed by atoms with Gasteiger partial charge in [-0.1, -0.05) is 0 Å². The monoisotopic (exact) mass is 240 g/mol. The molecule has 0 aliphatic heterocycles. The first-order valence-electron chi connectivity index (χ1n) is 4.91.